The van der Waals surface area contributed by atoms with E-state index >= 15 is 0 Å². The molecule has 0 atom stereocenters. The second-order valence-corrected chi connectivity index (χ2v) is 6.64. The van der Waals surface area contributed by atoms with Crippen molar-refractivity contribution in [3.8, 4) is 11.5 Å². The fraction of sp³-hybridized carbons (Fsp3) is 0.400. The molecule has 0 radical (unpaired) electrons. The lowest BCUT2D eigenvalue weighted by Crippen LogP contribution is -2.23. The SMILES string of the molecule is COc1ccc(N2Cc3ccncc3C2=O)cc1OC1CCCCC1. The largest absolute Gasteiger partial charge is 0.493 e. The average molecular weight is 338 g/mol. The Morgan fingerprint density at radius 1 is 1.12 bits per heavy atom. The van der Waals surface area contributed by atoms with Crippen LogP contribution in [0.15, 0.2) is 36.7 Å². The molecule has 0 spiro atoms. The maximum atomic E-state index is 12.7. The fourth-order valence-electron chi connectivity index (χ4n) is 3.64. The highest BCUT2D eigenvalue weighted by Gasteiger charge is 2.29. The van der Waals surface area contributed by atoms with E-state index in [9.17, 15) is 4.79 Å². The molecule has 25 heavy (non-hydrogen) atoms. The van der Waals surface area contributed by atoms with Crippen LogP contribution in [0.4, 0.5) is 5.69 Å². The standard InChI is InChI=1S/C20H22N2O3/c1-24-18-8-7-15(11-19(18)25-16-5-3-2-4-6-16)22-13-14-9-10-21-12-17(14)20(22)23/h7-12,16H,2-6,13H2,1H3. The van der Waals surface area contributed by atoms with Crippen molar-refractivity contribution in [2.45, 2.75) is 44.8 Å². The molecule has 0 saturated heterocycles. The third kappa shape index (κ3) is 3.06. The Balaban J connectivity index is 1.61. The van der Waals surface area contributed by atoms with Crippen LogP contribution in [0.1, 0.15) is 48.0 Å². The molecule has 0 bridgehead atoms. The Labute approximate surface area is 147 Å². The summed E-state index contributed by atoms with van der Waals surface area (Å²) < 4.78 is 11.7. The van der Waals surface area contributed by atoms with E-state index in [2.05, 4.69) is 4.98 Å². The lowest BCUT2D eigenvalue weighted by atomic mass is 9.98. The second-order valence-electron chi connectivity index (χ2n) is 6.64. The molecule has 2 aliphatic rings. The molecule has 1 fully saturated rings. The topological polar surface area (TPSA) is 51.7 Å². The first-order valence-electron chi connectivity index (χ1n) is 8.85. The van der Waals surface area contributed by atoms with Gasteiger partial charge in [-0.3, -0.25) is 9.78 Å². The summed E-state index contributed by atoms with van der Waals surface area (Å²) in [6.07, 6.45) is 9.45. The number of ether oxygens (including phenoxy) is 2. The summed E-state index contributed by atoms with van der Waals surface area (Å²) in [5, 5.41) is 0. The van der Waals surface area contributed by atoms with Gasteiger partial charge in [0.15, 0.2) is 11.5 Å². The van der Waals surface area contributed by atoms with Gasteiger partial charge in [0.05, 0.1) is 25.3 Å². The minimum Gasteiger partial charge on any atom is -0.493 e. The molecule has 5 heteroatoms. The molecule has 2 heterocycles. The van der Waals surface area contributed by atoms with Crippen molar-refractivity contribution >= 4 is 11.6 Å². The first-order valence-corrected chi connectivity index (χ1v) is 8.85. The second kappa shape index (κ2) is 6.75. The van der Waals surface area contributed by atoms with E-state index in [4.69, 9.17) is 9.47 Å². The van der Waals surface area contributed by atoms with Crippen molar-refractivity contribution in [2.75, 3.05) is 12.0 Å². The van der Waals surface area contributed by atoms with E-state index in [1.807, 2.05) is 24.3 Å². The van der Waals surface area contributed by atoms with Crippen molar-refractivity contribution in [3.05, 3.63) is 47.8 Å². The number of carbonyl (C=O) groups excluding carboxylic acids is 1. The van der Waals surface area contributed by atoms with Gasteiger partial charge in [-0.15, -0.1) is 0 Å². The van der Waals surface area contributed by atoms with Gasteiger partial charge in [-0.1, -0.05) is 6.42 Å². The molecule has 0 N–H and O–H groups in total. The smallest absolute Gasteiger partial charge is 0.260 e. The monoisotopic (exact) mass is 338 g/mol. The lowest BCUT2D eigenvalue weighted by Gasteiger charge is -2.25. The minimum absolute atomic E-state index is 0.0168. The highest BCUT2D eigenvalue weighted by molar-refractivity contribution is 6.09. The minimum atomic E-state index is -0.0168. The van der Waals surface area contributed by atoms with Crippen LogP contribution in [0.5, 0.6) is 11.5 Å². The summed E-state index contributed by atoms with van der Waals surface area (Å²) in [7, 11) is 1.64. The van der Waals surface area contributed by atoms with E-state index in [-0.39, 0.29) is 12.0 Å². The third-order valence-electron chi connectivity index (χ3n) is 5.02. The molecule has 1 amide bonds. The molecular weight excluding hydrogens is 316 g/mol. The summed E-state index contributed by atoms with van der Waals surface area (Å²) in [5.74, 6) is 1.41. The maximum Gasteiger partial charge on any atom is 0.260 e. The van der Waals surface area contributed by atoms with Gasteiger partial charge < -0.3 is 14.4 Å². The van der Waals surface area contributed by atoms with E-state index in [1.54, 1.807) is 24.4 Å². The molecule has 1 aromatic heterocycles. The predicted molar refractivity (Wildman–Crippen MR) is 95.2 cm³/mol. The quantitative estimate of drug-likeness (QED) is 0.847. The molecule has 1 saturated carbocycles. The van der Waals surface area contributed by atoms with Gasteiger partial charge in [0.25, 0.3) is 5.91 Å². The number of pyridine rings is 1. The van der Waals surface area contributed by atoms with Gasteiger partial charge in [-0.25, -0.2) is 0 Å². The fourth-order valence-corrected chi connectivity index (χ4v) is 3.64. The normalized spacial score (nSPS) is 17.5. The maximum absolute atomic E-state index is 12.7. The number of benzene rings is 1. The first kappa shape index (κ1) is 15.9. The summed E-state index contributed by atoms with van der Waals surface area (Å²) in [4.78, 5) is 18.5. The van der Waals surface area contributed by atoms with Gasteiger partial charge in [-0.05, 0) is 49.4 Å². The zero-order valence-corrected chi connectivity index (χ0v) is 14.4. The first-order chi connectivity index (χ1) is 12.3. The number of amides is 1. The summed E-state index contributed by atoms with van der Waals surface area (Å²) in [6, 6.07) is 7.60. The molecule has 1 aromatic carbocycles. The highest BCUT2D eigenvalue weighted by Crippen LogP contribution is 2.37. The number of carbonyl (C=O) groups is 1. The van der Waals surface area contributed by atoms with Crippen LogP contribution in [0.2, 0.25) is 0 Å². The van der Waals surface area contributed by atoms with E-state index in [1.165, 1.54) is 19.3 Å². The van der Waals surface area contributed by atoms with Crippen LogP contribution in [0, 0.1) is 0 Å². The zero-order valence-electron chi connectivity index (χ0n) is 14.4. The molecule has 4 rings (SSSR count). The highest BCUT2D eigenvalue weighted by atomic mass is 16.5. The van der Waals surface area contributed by atoms with Crippen LogP contribution in [-0.2, 0) is 6.54 Å². The van der Waals surface area contributed by atoms with Crippen molar-refractivity contribution in [1.82, 2.24) is 4.98 Å². The van der Waals surface area contributed by atoms with Crippen LogP contribution in [-0.4, -0.2) is 24.1 Å². The summed E-state index contributed by atoms with van der Waals surface area (Å²) in [5.41, 5.74) is 2.51. The number of anilines is 1. The van der Waals surface area contributed by atoms with Gasteiger partial charge >= 0.3 is 0 Å². The predicted octanol–water partition coefficient (Wildman–Crippen LogP) is 3.96. The molecule has 1 aliphatic heterocycles. The molecule has 0 unspecified atom stereocenters. The molecule has 1 aliphatic carbocycles. The van der Waals surface area contributed by atoms with Crippen LogP contribution < -0.4 is 14.4 Å². The average Bonchev–Trinajstić information content (AvgIpc) is 3.00. The van der Waals surface area contributed by atoms with E-state index in [0.29, 0.717) is 23.6 Å². The van der Waals surface area contributed by atoms with Crippen molar-refractivity contribution in [3.63, 3.8) is 0 Å². The number of hydrogen-bond acceptors (Lipinski definition) is 4. The molecule has 130 valence electrons. The Morgan fingerprint density at radius 2 is 1.96 bits per heavy atom. The van der Waals surface area contributed by atoms with Crippen molar-refractivity contribution < 1.29 is 14.3 Å². The molecule has 5 nitrogen and oxygen atoms in total. The Bertz CT molecular complexity index is 784. The number of nitrogens with zero attached hydrogens (tertiary/aromatic N) is 2. The Morgan fingerprint density at radius 3 is 2.72 bits per heavy atom. The molecular formula is C20H22N2O3. The lowest BCUT2D eigenvalue weighted by molar-refractivity contribution is 0.0996. The van der Waals surface area contributed by atoms with Crippen LogP contribution in [0.25, 0.3) is 0 Å². The van der Waals surface area contributed by atoms with E-state index in [0.717, 1.165) is 24.1 Å². The van der Waals surface area contributed by atoms with Gasteiger partial charge in [0.2, 0.25) is 0 Å². The van der Waals surface area contributed by atoms with E-state index < -0.39 is 0 Å². The number of methoxy groups -OCH3 is 1. The van der Waals surface area contributed by atoms with Gasteiger partial charge in [0, 0.05) is 24.1 Å². The summed E-state index contributed by atoms with van der Waals surface area (Å²) in [6.45, 7) is 0.561. The zero-order chi connectivity index (χ0) is 17.2. The van der Waals surface area contributed by atoms with Gasteiger partial charge in [-0.2, -0.15) is 0 Å². The third-order valence-corrected chi connectivity index (χ3v) is 5.02. The van der Waals surface area contributed by atoms with Crippen LogP contribution >= 0.6 is 0 Å². The van der Waals surface area contributed by atoms with Crippen LogP contribution in [0.3, 0.4) is 0 Å². The van der Waals surface area contributed by atoms with Gasteiger partial charge in [0.1, 0.15) is 0 Å². The number of aromatic nitrogens is 1. The van der Waals surface area contributed by atoms with Crippen molar-refractivity contribution in [2.24, 2.45) is 0 Å². The number of rotatable bonds is 4. The Hall–Kier alpha value is -2.56. The summed E-state index contributed by atoms with van der Waals surface area (Å²) >= 11 is 0. The van der Waals surface area contributed by atoms with Crippen molar-refractivity contribution in [1.29, 1.82) is 0 Å². The Kier molecular flexibility index (Phi) is 4.30. The molecule has 2 aromatic rings. The number of hydrogen-bond donors (Lipinski definition) is 0. The number of fused-ring (bicyclic) bond motifs is 1.